The van der Waals surface area contributed by atoms with Crippen LogP contribution in [-0.2, 0) is 14.3 Å². The largest absolute Gasteiger partial charge is 0.481 e. The number of ether oxygens (including phenoxy) is 1. The van der Waals surface area contributed by atoms with E-state index in [1.54, 1.807) is 13.0 Å². The normalized spacial score (nSPS) is 17.9. The second kappa shape index (κ2) is 14.6. The lowest BCUT2D eigenvalue weighted by atomic mass is 10.0. The summed E-state index contributed by atoms with van der Waals surface area (Å²) in [6.45, 7) is 3.56. The Morgan fingerprint density at radius 2 is 1.74 bits per heavy atom. The lowest BCUT2D eigenvalue weighted by Gasteiger charge is -2.36. The number of carboxylic acid groups (broad SMARTS) is 1. The summed E-state index contributed by atoms with van der Waals surface area (Å²) in [5, 5.41) is 22.0. The molecule has 1 unspecified atom stereocenters. The Bertz CT molecular complexity index is 1250. The predicted octanol–water partition coefficient (Wildman–Crippen LogP) is 1.76. The Morgan fingerprint density at radius 1 is 1.02 bits per heavy atom. The maximum absolute atomic E-state index is 13.6. The Labute approximate surface area is 244 Å². The molecule has 3 N–H and O–H groups in total. The van der Waals surface area contributed by atoms with Gasteiger partial charge in [0.1, 0.15) is 17.6 Å². The van der Waals surface area contributed by atoms with Gasteiger partial charge in [0, 0.05) is 50.8 Å². The fraction of sp³-hybridized carbons (Fsp3) is 0.517. The van der Waals surface area contributed by atoms with Crippen molar-refractivity contribution in [2.75, 3.05) is 50.8 Å². The number of rotatable bonds is 10. The van der Waals surface area contributed by atoms with Crippen LogP contribution < -0.4 is 10.2 Å². The third kappa shape index (κ3) is 7.72. The molecule has 2 atom stereocenters. The van der Waals surface area contributed by atoms with Gasteiger partial charge in [-0.3, -0.25) is 14.4 Å². The SMILES string of the molecule is CCOC(=O)N1CCN(C(=O)[C@H](CCC(=O)O)NC(=O)c2cc(N3CCCCC3CO)nc(-c3ccccc3)n2)CC1. The molecule has 4 rings (SSSR count). The van der Waals surface area contributed by atoms with Crippen LogP contribution in [0.25, 0.3) is 11.4 Å². The van der Waals surface area contributed by atoms with Crippen LogP contribution in [0, 0.1) is 0 Å². The number of piperidine rings is 1. The Kier molecular flexibility index (Phi) is 10.7. The van der Waals surface area contributed by atoms with E-state index in [4.69, 9.17) is 9.72 Å². The number of nitrogens with one attached hydrogen (secondary N) is 1. The van der Waals surface area contributed by atoms with Gasteiger partial charge in [0.15, 0.2) is 5.82 Å². The topological polar surface area (TPSA) is 166 Å². The summed E-state index contributed by atoms with van der Waals surface area (Å²) in [5.74, 6) is -1.34. The number of piperazine rings is 1. The van der Waals surface area contributed by atoms with Crippen LogP contribution in [0.3, 0.4) is 0 Å². The minimum absolute atomic E-state index is 0.0290. The highest BCUT2D eigenvalue weighted by Gasteiger charge is 2.32. The number of nitrogens with zero attached hydrogens (tertiary/aromatic N) is 5. The first-order valence-electron chi connectivity index (χ1n) is 14.4. The van der Waals surface area contributed by atoms with Crippen molar-refractivity contribution in [1.29, 1.82) is 0 Å². The number of carboxylic acids is 1. The van der Waals surface area contributed by atoms with Crippen molar-refractivity contribution in [3.8, 4) is 11.4 Å². The zero-order valence-corrected chi connectivity index (χ0v) is 23.8. The van der Waals surface area contributed by atoms with Gasteiger partial charge in [-0.2, -0.15) is 0 Å². The van der Waals surface area contributed by atoms with Gasteiger partial charge < -0.3 is 35.0 Å². The minimum atomic E-state index is -1.11. The third-order valence-electron chi connectivity index (χ3n) is 7.48. The first-order valence-corrected chi connectivity index (χ1v) is 14.4. The van der Waals surface area contributed by atoms with Gasteiger partial charge in [0.05, 0.1) is 19.3 Å². The number of aliphatic hydroxyl groups is 1. The minimum Gasteiger partial charge on any atom is -0.481 e. The predicted molar refractivity (Wildman–Crippen MR) is 153 cm³/mol. The quantitative estimate of drug-likeness (QED) is 0.376. The van der Waals surface area contributed by atoms with Gasteiger partial charge in [-0.1, -0.05) is 30.3 Å². The van der Waals surface area contributed by atoms with E-state index in [1.165, 1.54) is 9.80 Å². The number of amides is 3. The first kappa shape index (κ1) is 30.7. The van der Waals surface area contributed by atoms with E-state index < -0.39 is 29.9 Å². The molecule has 3 amide bonds. The molecule has 2 aromatic rings. The molecule has 2 aliphatic heterocycles. The molecule has 0 aliphatic carbocycles. The van der Waals surface area contributed by atoms with Crippen LogP contribution in [0.4, 0.5) is 10.6 Å². The van der Waals surface area contributed by atoms with Crippen LogP contribution in [0.2, 0.25) is 0 Å². The average Bonchev–Trinajstić information content (AvgIpc) is 3.02. The number of carbonyl (C=O) groups is 4. The first-order chi connectivity index (χ1) is 20.3. The van der Waals surface area contributed by atoms with Gasteiger partial charge in [-0.15, -0.1) is 0 Å². The number of hydrogen-bond acceptors (Lipinski definition) is 9. The fourth-order valence-electron chi connectivity index (χ4n) is 5.21. The molecule has 13 heteroatoms. The van der Waals surface area contributed by atoms with Crippen molar-refractivity contribution >= 4 is 29.7 Å². The summed E-state index contributed by atoms with van der Waals surface area (Å²) in [6, 6.07) is 9.49. The monoisotopic (exact) mass is 582 g/mol. The molecule has 0 radical (unpaired) electrons. The van der Waals surface area contributed by atoms with Crippen LogP contribution in [0.15, 0.2) is 36.4 Å². The van der Waals surface area contributed by atoms with Crippen LogP contribution in [-0.4, -0.2) is 112 Å². The van der Waals surface area contributed by atoms with Crippen molar-refractivity contribution in [2.24, 2.45) is 0 Å². The lowest BCUT2D eigenvalue weighted by molar-refractivity contribution is -0.138. The van der Waals surface area contributed by atoms with Crippen LogP contribution in [0.1, 0.15) is 49.5 Å². The summed E-state index contributed by atoms with van der Waals surface area (Å²) in [5.41, 5.74) is 0.727. The highest BCUT2D eigenvalue weighted by atomic mass is 16.6. The van der Waals surface area contributed by atoms with Crippen molar-refractivity contribution < 1.29 is 34.1 Å². The zero-order valence-electron chi connectivity index (χ0n) is 23.8. The van der Waals surface area contributed by atoms with Gasteiger partial charge in [0.2, 0.25) is 5.91 Å². The molecular formula is C29H38N6O7. The summed E-state index contributed by atoms with van der Waals surface area (Å²) in [4.78, 5) is 64.7. The summed E-state index contributed by atoms with van der Waals surface area (Å²) < 4.78 is 5.03. The van der Waals surface area contributed by atoms with Crippen molar-refractivity contribution in [3.05, 3.63) is 42.1 Å². The second-order valence-electron chi connectivity index (χ2n) is 10.3. The summed E-state index contributed by atoms with van der Waals surface area (Å²) in [6.07, 6.45) is 1.80. The van der Waals surface area contributed by atoms with E-state index in [0.29, 0.717) is 23.8 Å². The van der Waals surface area contributed by atoms with Gasteiger partial charge in [0.25, 0.3) is 5.91 Å². The molecule has 2 aliphatic rings. The number of hydrogen-bond donors (Lipinski definition) is 3. The second-order valence-corrected chi connectivity index (χ2v) is 10.3. The van der Waals surface area contributed by atoms with Gasteiger partial charge in [-0.05, 0) is 32.6 Å². The number of benzene rings is 1. The van der Waals surface area contributed by atoms with E-state index in [1.807, 2.05) is 35.2 Å². The Balaban J connectivity index is 1.57. The molecule has 226 valence electrons. The smallest absolute Gasteiger partial charge is 0.409 e. The Morgan fingerprint density at radius 3 is 2.40 bits per heavy atom. The average molecular weight is 583 g/mol. The zero-order chi connectivity index (χ0) is 30.1. The third-order valence-corrected chi connectivity index (χ3v) is 7.48. The summed E-state index contributed by atoms with van der Waals surface area (Å²) >= 11 is 0. The molecule has 1 aromatic heterocycles. The van der Waals surface area contributed by atoms with E-state index in [-0.39, 0.29) is 64.0 Å². The summed E-state index contributed by atoms with van der Waals surface area (Å²) in [7, 11) is 0. The molecule has 3 heterocycles. The fourth-order valence-corrected chi connectivity index (χ4v) is 5.21. The Hall–Kier alpha value is -4.26. The standard InChI is InChI=1S/C29H38N6O7/c1-2-42-29(41)34-16-14-33(15-17-34)28(40)22(11-12-25(37)38)31-27(39)23-18-24(35-13-7-6-10-21(35)19-36)32-26(30-23)20-8-4-3-5-9-20/h3-5,8-9,18,21-22,36H,2,6-7,10-17,19H2,1H3,(H,31,39)(H,37,38)/t21?,22-/m0/s1. The van der Waals surface area contributed by atoms with Crippen molar-refractivity contribution in [1.82, 2.24) is 25.1 Å². The molecular weight excluding hydrogens is 544 g/mol. The number of aliphatic carboxylic acids is 1. The van der Waals surface area contributed by atoms with E-state index in [0.717, 1.165) is 19.3 Å². The molecule has 0 spiro atoms. The highest BCUT2D eigenvalue weighted by molar-refractivity contribution is 5.97. The molecule has 2 saturated heterocycles. The van der Waals surface area contributed by atoms with Crippen molar-refractivity contribution in [2.45, 2.75) is 51.1 Å². The molecule has 2 fully saturated rings. The molecule has 13 nitrogen and oxygen atoms in total. The number of aliphatic hydroxyl groups excluding tert-OH is 1. The van der Waals surface area contributed by atoms with Gasteiger partial charge in [-0.25, -0.2) is 14.8 Å². The van der Waals surface area contributed by atoms with Crippen LogP contribution in [0.5, 0.6) is 0 Å². The number of aromatic nitrogens is 2. The molecule has 42 heavy (non-hydrogen) atoms. The van der Waals surface area contributed by atoms with E-state index in [2.05, 4.69) is 10.3 Å². The highest BCUT2D eigenvalue weighted by Crippen LogP contribution is 2.26. The maximum atomic E-state index is 13.6. The lowest BCUT2D eigenvalue weighted by Crippen LogP contribution is -2.56. The van der Waals surface area contributed by atoms with Crippen LogP contribution >= 0.6 is 0 Å². The maximum Gasteiger partial charge on any atom is 0.409 e. The van der Waals surface area contributed by atoms with E-state index in [9.17, 15) is 29.4 Å². The van der Waals surface area contributed by atoms with Crippen molar-refractivity contribution in [3.63, 3.8) is 0 Å². The molecule has 1 aromatic carbocycles. The van der Waals surface area contributed by atoms with E-state index >= 15 is 0 Å². The molecule has 0 bridgehead atoms. The van der Waals surface area contributed by atoms with Gasteiger partial charge >= 0.3 is 12.1 Å². The molecule has 0 saturated carbocycles. The number of carbonyl (C=O) groups excluding carboxylic acids is 3. The number of anilines is 1.